The van der Waals surface area contributed by atoms with Gasteiger partial charge in [0.2, 0.25) is 5.91 Å². The Morgan fingerprint density at radius 3 is 2.70 bits per heavy atom. The molecule has 0 saturated heterocycles. The molecule has 0 aliphatic heterocycles. The fourth-order valence-electron chi connectivity index (χ4n) is 1.75. The van der Waals surface area contributed by atoms with E-state index in [9.17, 15) is 9.59 Å². The van der Waals surface area contributed by atoms with E-state index in [0.29, 0.717) is 24.7 Å². The molecule has 0 aliphatic rings. The van der Waals surface area contributed by atoms with Crippen molar-refractivity contribution in [3.63, 3.8) is 0 Å². The number of benzene rings is 1. The number of nitrogens with one attached hydrogen (secondary N) is 2. The second kappa shape index (κ2) is 10.6. The largest absolute Gasteiger partial charge is 0.494 e. The van der Waals surface area contributed by atoms with E-state index < -0.39 is 6.03 Å². The maximum atomic E-state index is 11.6. The van der Waals surface area contributed by atoms with Crippen molar-refractivity contribution < 1.29 is 14.3 Å². The molecule has 7 heteroatoms. The van der Waals surface area contributed by atoms with Crippen LogP contribution in [0.4, 0.5) is 4.79 Å². The van der Waals surface area contributed by atoms with Crippen LogP contribution in [0.25, 0.3) is 0 Å². The number of urea groups is 1. The second-order valence-corrected chi connectivity index (χ2v) is 5.38. The number of hydrogen-bond acceptors (Lipinski definition) is 4. The summed E-state index contributed by atoms with van der Waals surface area (Å²) >= 11 is 5.79. The zero-order valence-corrected chi connectivity index (χ0v) is 13.9. The van der Waals surface area contributed by atoms with E-state index in [1.165, 1.54) is 6.08 Å². The first-order valence-corrected chi connectivity index (χ1v) is 7.64. The van der Waals surface area contributed by atoms with Gasteiger partial charge in [-0.1, -0.05) is 17.7 Å². The highest BCUT2D eigenvalue weighted by Gasteiger charge is 2.09. The van der Waals surface area contributed by atoms with Gasteiger partial charge in [0.05, 0.1) is 13.2 Å². The minimum atomic E-state index is -0.519. The van der Waals surface area contributed by atoms with Crippen LogP contribution >= 0.6 is 11.6 Å². The van der Waals surface area contributed by atoms with Gasteiger partial charge in [-0.2, -0.15) is 0 Å². The van der Waals surface area contributed by atoms with Crippen molar-refractivity contribution in [3.05, 3.63) is 41.9 Å². The summed E-state index contributed by atoms with van der Waals surface area (Å²) in [6, 6.07) is 6.63. The number of hydrogen-bond donors (Lipinski definition) is 2. The van der Waals surface area contributed by atoms with Crippen molar-refractivity contribution >= 4 is 23.5 Å². The number of carbonyl (C=O) groups excluding carboxylic acids is 2. The molecule has 1 aromatic rings. The first kappa shape index (κ1) is 19.0. The second-order valence-electron chi connectivity index (χ2n) is 4.94. The zero-order chi connectivity index (χ0) is 17.1. The highest BCUT2D eigenvalue weighted by atomic mass is 35.5. The van der Waals surface area contributed by atoms with Crippen LogP contribution in [0.5, 0.6) is 5.75 Å². The Hall–Kier alpha value is -2.05. The summed E-state index contributed by atoms with van der Waals surface area (Å²) in [7, 11) is 1.81. The Balaban J connectivity index is 2.14. The molecule has 0 unspecified atom stereocenters. The van der Waals surface area contributed by atoms with E-state index >= 15 is 0 Å². The first-order chi connectivity index (χ1) is 11.0. The highest BCUT2D eigenvalue weighted by Crippen LogP contribution is 2.15. The lowest BCUT2D eigenvalue weighted by atomic mass is 10.3. The third-order valence-electron chi connectivity index (χ3n) is 2.84. The Labute approximate surface area is 141 Å². The van der Waals surface area contributed by atoms with Gasteiger partial charge in [0.15, 0.2) is 0 Å². The predicted molar refractivity (Wildman–Crippen MR) is 90.8 cm³/mol. The Morgan fingerprint density at radius 1 is 1.35 bits per heavy atom. The molecule has 0 atom stereocenters. The molecule has 0 radical (unpaired) electrons. The SMILES string of the molecule is C=CCNC(=O)NC(=O)CN(C)CCCOc1ccc(Cl)cc1. The average molecular weight is 340 g/mol. The van der Waals surface area contributed by atoms with Crippen LogP contribution < -0.4 is 15.4 Å². The maximum Gasteiger partial charge on any atom is 0.321 e. The summed E-state index contributed by atoms with van der Waals surface area (Å²) in [5.74, 6) is 0.404. The average Bonchev–Trinajstić information content (AvgIpc) is 2.51. The molecular formula is C16H22ClN3O3. The maximum absolute atomic E-state index is 11.6. The fraction of sp³-hybridized carbons (Fsp3) is 0.375. The van der Waals surface area contributed by atoms with Crippen molar-refractivity contribution in [2.75, 3.05) is 33.3 Å². The lowest BCUT2D eigenvalue weighted by Crippen LogP contribution is -2.44. The van der Waals surface area contributed by atoms with Crippen molar-refractivity contribution in [2.45, 2.75) is 6.42 Å². The summed E-state index contributed by atoms with van der Waals surface area (Å²) in [5.41, 5.74) is 0. The first-order valence-electron chi connectivity index (χ1n) is 7.26. The number of carbonyl (C=O) groups is 2. The molecule has 0 bridgehead atoms. The quantitative estimate of drug-likeness (QED) is 0.533. The molecule has 23 heavy (non-hydrogen) atoms. The Bertz CT molecular complexity index is 520. The van der Waals surface area contributed by atoms with Crippen LogP contribution in [-0.4, -0.2) is 50.1 Å². The lowest BCUT2D eigenvalue weighted by Gasteiger charge is -2.16. The molecule has 1 aromatic carbocycles. The van der Waals surface area contributed by atoms with Gasteiger partial charge in [-0.15, -0.1) is 6.58 Å². The summed E-state index contributed by atoms with van der Waals surface area (Å²) < 4.78 is 5.57. The van der Waals surface area contributed by atoms with Crippen LogP contribution in [-0.2, 0) is 4.79 Å². The van der Waals surface area contributed by atoms with Crippen LogP contribution in [0.2, 0.25) is 5.02 Å². The zero-order valence-electron chi connectivity index (χ0n) is 13.2. The number of nitrogens with zero attached hydrogens (tertiary/aromatic N) is 1. The molecule has 126 valence electrons. The molecule has 0 saturated carbocycles. The molecule has 3 amide bonds. The van der Waals surface area contributed by atoms with E-state index in [4.69, 9.17) is 16.3 Å². The monoisotopic (exact) mass is 339 g/mol. The van der Waals surface area contributed by atoms with Crippen molar-refractivity contribution in [1.82, 2.24) is 15.5 Å². The van der Waals surface area contributed by atoms with Gasteiger partial charge < -0.3 is 10.1 Å². The Kier molecular flexibility index (Phi) is 8.79. The molecule has 0 fully saturated rings. The van der Waals surface area contributed by atoms with Crippen molar-refractivity contribution in [3.8, 4) is 5.75 Å². The standard InChI is InChI=1S/C16H22ClN3O3/c1-3-9-18-16(22)19-15(21)12-20(2)10-4-11-23-14-7-5-13(17)6-8-14/h3,5-8H,1,4,9-12H2,2H3,(H2,18,19,21,22). The predicted octanol–water partition coefficient (Wildman–Crippen LogP) is 2.05. The molecular weight excluding hydrogens is 318 g/mol. The van der Waals surface area contributed by atoms with E-state index in [-0.39, 0.29) is 12.5 Å². The molecule has 0 aromatic heterocycles. The number of ether oxygens (including phenoxy) is 1. The molecule has 0 aliphatic carbocycles. The molecule has 6 nitrogen and oxygen atoms in total. The van der Waals surface area contributed by atoms with Crippen LogP contribution in [0.15, 0.2) is 36.9 Å². The van der Waals surface area contributed by atoms with Gasteiger partial charge in [-0.3, -0.25) is 15.0 Å². The summed E-state index contributed by atoms with van der Waals surface area (Å²) in [6.45, 7) is 5.14. The topological polar surface area (TPSA) is 70.7 Å². The van der Waals surface area contributed by atoms with Gasteiger partial charge in [-0.05, 0) is 37.7 Å². The number of likely N-dealkylation sites (N-methyl/N-ethyl adjacent to an activating group) is 1. The van der Waals surface area contributed by atoms with Crippen molar-refractivity contribution in [1.29, 1.82) is 0 Å². The lowest BCUT2D eigenvalue weighted by molar-refractivity contribution is -0.120. The van der Waals surface area contributed by atoms with E-state index in [0.717, 1.165) is 12.2 Å². The molecule has 1 rings (SSSR count). The van der Waals surface area contributed by atoms with Crippen LogP contribution in [0.1, 0.15) is 6.42 Å². The third kappa shape index (κ3) is 8.85. The molecule has 0 heterocycles. The van der Waals surface area contributed by atoms with Crippen LogP contribution in [0.3, 0.4) is 0 Å². The minimum Gasteiger partial charge on any atom is -0.494 e. The fourth-order valence-corrected chi connectivity index (χ4v) is 1.88. The normalized spacial score (nSPS) is 10.2. The van der Waals surface area contributed by atoms with Crippen LogP contribution in [0, 0.1) is 0 Å². The van der Waals surface area contributed by atoms with Gasteiger partial charge >= 0.3 is 6.03 Å². The van der Waals surface area contributed by atoms with E-state index in [1.54, 1.807) is 24.3 Å². The number of rotatable bonds is 9. The smallest absolute Gasteiger partial charge is 0.321 e. The number of amides is 3. The van der Waals surface area contributed by atoms with E-state index in [1.807, 2.05) is 11.9 Å². The Morgan fingerprint density at radius 2 is 2.04 bits per heavy atom. The minimum absolute atomic E-state index is 0.141. The molecule has 2 N–H and O–H groups in total. The van der Waals surface area contributed by atoms with Gasteiger partial charge in [-0.25, -0.2) is 4.79 Å². The van der Waals surface area contributed by atoms with Gasteiger partial charge in [0.25, 0.3) is 0 Å². The van der Waals surface area contributed by atoms with E-state index in [2.05, 4.69) is 17.2 Å². The summed E-state index contributed by atoms with van der Waals surface area (Å²) in [4.78, 5) is 24.7. The number of imide groups is 1. The van der Waals surface area contributed by atoms with Gasteiger partial charge in [0.1, 0.15) is 5.75 Å². The van der Waals surface area contributed by atoms with Gasteiger partial charge in [0, 0.05) is 18.1 Å². The highest BCUT2D eigenvalue weighted by molar-refractivity contribution is 6.30. The summed E-state index contributed by atoms with van der Waals surface area (Å²) in [5, 5.41) is 5.39. The third-order valence-corrected chi connectivity index (χ3v) is 3.09. The number of halogens is 1. The summed E-state index contributed by atoms with van der Waals surface area (Å²) in [6.07, 6.45) is 2.30. The molecule has 0 spiro atoms. The van der Waals surface area contributed by atoms with Crippen molar-refractivity contribution in [2.24, 2.45) is 0 Å².